The molecule has 107 heavy (non-hydrogen) atoms. The van der Waals surface area contributed by atoms with Crippen LogP contribution in [0.1, 0.15) is 197 Å². The van der Waals surface area contributed by atoms with Gasteiger partial charge in [-0.15, -0.1) is 0 Å². The van der Waals surface area contributed by atoms with Gasteiger partial charge in [0.2, 0.25) is 70.9 Å². The summed E-state index contributed by atoms with van der Waals surface area (Å²) < 4.78 is 79.1. The molecule has 12 amide bonds. The van der Waals surface area contributed by atoms with Crippen molar-refractivity contribution in [3.05, 3.63) is 12.2 Å². The van der Waals surface area contributed by atoms with Gasteiger partial charge in [0.25, 0.3) is 0 Å². The van der Waals surface area contributed by atoms with E-state index < -0.39 is 217 Å². The zero-order valence-corrected chi connectivity index (χ0v) is 66.0. The normalized spacial score (nSPS) is 32.4. The van der Waals surface area contributed by atoms with Gasteiger partial charge < -0.3 is 64.8 Å². The third-order valence-corrected chi connectivity index (χ3v) is 24.4. The molecular formula is C77H123F5N12O13. The minimum absolute atomic E-state index is 0.0144. The molecule has 3 saturated carbocycles. The van der Waals surface area contributed by atoms with E-state index in [9.17, 15) is 41.9 Å². The van der Waals surface area contributed by atoms with Crippen molar-refractivity contribution in [1.82, 2.24) is 60.0 Å². The average Bonchev–Trinajstić information content (AvgIpc) is 1.66. The lowest BCUT2D eigenvalue weighted by Gasteiger charge is -2.54. The lowest BCUT2D eigenvalue weighted by atomic mass is 9.58. The van der Waals surface area contributed by atoms with Crippen LogP contribution in [0.15, 0.2) is 12.2 Å². The van der Waals surface area contributed by atoms with Crippen LogP contribution in [0.3, 0.4) is 0 Å². The van der Waals surface area contributed by atoms with Crippen LogP contribution < -0.4 is 16.0 Å². The maximum Gasteiger partial charge on any atom is 0.397 e. The van der Waals surface area contributed by atoms with Crippen molar-refractivity contribution in [2.45, 2.75) is 276 Å². The number of alkyl halides is 5. The van der Waals surface area contributed by atoms with Crippen LogP contribution in [0.4, 0.5) is 22.0 Å². The summed E-state index contributed by atoms with van der Waals surface area (Å²) >= 11 is 0. The largest absolute Gasteiger partial charge is 0.397 e. The van der Waals surface area contributed by atoms with Gasteiger partial charge >= 0.3 is 6.18 Å². The van der Waals surface area contributed by atoms with Gasteiger partial charge in [0.05, 0.1) is 25.6 Å². The number of fused-ring (bicyclic) bond motifs is 3. The lowest BCUT2D eigenvalue weighted by molar-refractivity contribution is -0.219. The fourth-order valence-electron chi connectivity index (χ4n) is 17.9. The van der Waals surface area contributed by atoms with Crippen LogP contribution >= 0.6 is 0 Å². The Morgan fingerprint density at radius 1 is 0.645 bits per heavy atom. The number of nitrogens with zero attached hydrogens (tertiary/aromatic N) is 9. The Morgan fingerprint density at radius 2 is 1.26 bits per heavy atom. The van der Waals surface area contributed by atoms with Crippen LogP contribution in [0.5, 0.6) is 0 Å². The molecule has 4 aliphatic heterocycles. The quantitative estimate of drug-likeness (QED) is 0.122. The standard InChI is InChI=1S/C77H123F5N12O13/c1-16-47(7)64-72(104)87(11)43-62(97)89(13)56-26-22-21-23-35-93(71(56)103)59(38-48-29-27-46(6)28-30-48)69(101)86(10)42-60(95)83-54(32-31-49-36-52(78)63(53(79)37-49)77(80,81)82)68(100)94-41-51(107-20-5)39-57(94)67(99)85-76(44-75(8,9)45-76)74(106)91(15)65(50(17-2)18-3)73(105)90(14)58(70(102)92-33-24-25-34-92)40-61(96)88(12)55(19-4)66(98)84-64/h21-22,46-59,63-65H,16-20,23-45H2,1-15H3,(H,83,95)(H,84,98)(H,85,99)/b22-21-/t46?,47-,48?,49?,51+,52?,53?,54-,55-,56-,57-,58-,59-,63?,64-,65-/m0/s1. The number of likely N-dealkylation sites (N-methyl/N-ethyl adjacent to an activating group) is 6. The summed E-state index contributed by atoms with van der Waals surface area (Å²) in [5.74, 6) is -13.1. The van der Waals surface area contributed by atoms with E-state index >= 15 is 37.5 Å². The molecular weight excluding hydrogens is 1400 g/mol. The summed E-state index contributed by atoms with van der Waals surface area (Å²) in [7, 11) is 8.40. The van der Waals surface area contributed by atoms with Crippen molar-refractivity contribution in [1.29, 1.82) is 0 Å². The number of halogens is 5. The first kappa shape index (κ1) is 87.2. The lowest BCUT2D eigenvalue weighted by Crippen LogP contribution is -2.71. The third kappa shape index (κ3) is 20.9. The number of likely N-dealkylation sites (tertiary alicyclic amines) is 1. The van der Waals surface area contributed by atoms with Gasteiger partial charge in [-0.25, -0.2) is 8.78 Å². The van der Waals surface area contributed by atoms with E-state index in [1.165, 1.54) is 71.7 Å². The monoisotopic (exact) mass is 1520 g/mol. The zero-order valence-electron chi connectivity index (χ0n) is 66.0. The van der Waals surface area contributed by atoms with Crippen molar-refractivity contribution in [3.63, 3.8) is 0 Å². The number of carbonyl (C=O) groups excluding carboxylic acids is 12. The van der Waals surface area contributed by atoms with E-state index in [1.54, 1.807) is 31.7 Å². The minimum Gasteiger partial charge on any atom is -0.377 e. The summed E-state index contributed by atoms with van der Waals surface area (Å²) in [4.78, 5) is 194. The van der Waals surface area contributed by atoms with Crippen molar-refractivity contribution in [2.24, 2.45) is 40.9 Å². The molecule has 0 aromatic rings. The number of rotatable bonds is 14. The second-order valence-electron chi connectivity index (χ2n) is 32.8. The molecule has 4 heterocycles. The van der Waals surface area contributed by atoms with E-state index in [1.807, 2.05) is 40.7 Å². The van der Waals surface area contributed by atoms with Gasteiger partial charge in [-0.05, 0) is 119 Å². The molecule has 7 aliphatic rings. The predicted molar refractivity (Wildman–Crippen MR) is 390 cm³/mol. The summed E-state index contributed by atoms with van der Waals surface area (Å²) in [6.45, 7) is 15.8. The Hall–Kier alpha value is -7.01. The first-order valence-electron chi connectivity index (χ1n) is 39.3. The summed E-state index contributed by atoms with van der Waals surface area (Å²) in [6.07, 6.45) is -4.24. The average molecular weight is 1520 g/mol. The first-order valence-corrected chi connectivity index (χ1v) is 39.3. The fraction of sp³-hybridized carbons (Fsp3) is 0.818. The van der Waals surface area contributed by atoms with E-state index in [2.05, 4.69) is 22.9 Å². The van der Waals surface area contributed by atoms with Crippen LogP contribution in [0, 0.1) is 40.9 Å². The summed E-state index contributed by atoms with van der Waals surface area (Å²) in [5.41, 5.74) is -2.30. The van der Waals surface area contributed by atoms with Crippen molar-refractivity contribution in [2.75, 3.05) is 88.2 Å². The van der Waals surface area contributed by atoms with Gasteiger partial charge in [0.15, 0.2) is 0 Å². The van der Waals surface area contributed by atoms with Crippen molar-refractivity contribution >= 4 is 70.9 Å². The van der Waals surface area contributed by atoms with E-state index in [0.29, 0.717) is 57.5 Å². The van der Waals surface area contributed by atoms with E-state index in [-0.39, 0.29) is 70.6 Å². The van der Waals surface area contributed by atoms with Crippen molar-refractivity contribution in [3.8, 4) is 0 Å². The highest BCUT2D eigenvalue weighted by Crippen LogP contribution is 2.50. The third-order valence-electron chi connectivity index (χ3n) is 24.4. The highest BCUT2D eigenvalue weighted by molar-refractivity contribution is 6.01. The molecule has 25 nitrogen and oxygen atoms in total. The van der Waals surface area contributed by atoms with Gasteiger partial charge in [0.1, 0.15) is 72.1 Å². The molecule has 3 saturated heterocycles. The van der Waals surface area contributed by atoms with Gasteiger partial charge in [-0.3, -0.25) is 57.5 Å². The molecule has 2 unspecified atom stereocenters. The highest BCUT2D eigenvalue weighted by Gasteiger charge is 2.60. The number of hydrogen-bond acceptors (Lipinski definition) is 13. The molecule has 0 radical (unpaired) electrons. The number of amides is 12. The predicted octanol–water partition coefficient (Wildman–Crippen LogP) is 6.59. The summed E-state index contributed by atoms with van der Waals surface area (Å²) in [5, 5.41) is 8.63. The Balaban J connectivity index is 1.33. The fourth-order valence-corrected chi connectivity index (χ4v) is 17.9. The number of carbonyl (C=O) groups is 12. The Labute approximate surface area is 629 Å². The molecule has 6 fully saturated rings. The van der Waals surface area contributed by atoms with E-state index in [0.717, 1.165) is 35.5 Å². The van der Waals surface area contributed by atoms with E-state index in [4.69, 9.17) is 4.74 Å². The SMILES string of the molecule is CCO[C@@H]1C[C@H]2C(=O)NC3(CC(C)(C)C3)C(=O)N(C)[C@@H](C(CC)CC)C(=O)N(C)[C@H](C(=O)N3CCCC3)CC(=O)N(C)[C@@H](CC)C(=O)N[C@@H]([C@@H](C)CC)C(=O)N(C)CC(=O)N(C)[C@H]3C/C=C\CCN(C3=O)[C@@H](CC3CCC(C)CC3)C(=O)N(C)CC(=O)N[C@@H](CCC3CC(F)C(C(F)(F)F)C(F)C3)C(=O)N2C1. The molecule has 1 spiro atoms. The van der Waals surface area contributed by atoms with Crippen LogP contribution in [0.2, 0.25) is 0 Å². The first-order chi connectivity index (χ1) is 50.3. The number of hydrogen-bond donors (Lipinski definition) is 3. The van der Waals surface area contributed by atoms with Crippen LogP contribution in [0.25, 0.3) is 0 Å². The Bertz CT molecular complexity index is 3180. The highest BCUT2D eigenvalue weighted by atomic mass is 19.4. The second kappa shape index (κ2) is 37.6. The van der Waals surface area contributed by atoms with Crippen LogP contribution in [-0.2, 0) is 62.3 Å². The number of ether oxygens (including phenoxy) is 1. The maximum absolute atomic E-state index is 15.8. The van der Waals surface area contributed by atoms with Crippen LogP contribution in [-0.4, -0.2) is 282 Å². The molecule has 3 N–H and O–H groups in total. The Kier molecular flexibility index (Phi) is 30.7. The summed E-state index contributed by atoms with van der Waals surface area (Å²) in [6, 6.07) is -10.6. The molecule has 604 valence electrons. The van der Waals surface area contributed by atoms with Gasteiger partial charge in [0, 0.05) is 81.5 Å². The van der Waals surface area contributed by atoms with Crippen molar-refractivity contribution < 1.29 is 84.2 Å². The molecule has 30 heteroatoms. The number of nitrogens with one attached hydrogen (secondary N) is 3. The maximum atomic E-state index is 15.8. The molecule has 0 aromatic carbocycles. The topological polar surface area (TPSA) is 279 Å². The molecule has 2 bridgehead atoms. The molecule has 3 aliphatic carbocycles. The molecule has 7 rings (SSSR count). The van der Waals surface area contributed by atoms with Gasteiger partial charge in [-0.1, -0.05) is 112 Å². The second-order valence-corrected chi connectivity index (χ2v) is 32.8. The molecule has 12 atom stereocenters. The molecule has 0 aromatic heterocycles. The zero-order chi connectivity index (χ0) is 79.5. The van der Waals surface area contributed by atoms with Gasteiger partial charge in [-0.2, -0.15) is 13.2 Å². The Morgan fingerprint density at radius 3 is 1.83 bits per heavy atom. The smallest absolute Gasteiger partial charge is 0.377 e. The minimum atomic E-state index is -5.18.